The van der Waals surface area contributed by atoms with Crippen molar-refractivity contribution in [3.8, 4) is 0 Å². The number of nitrogens with one attached hydrogen (secondary N) is 1. The molecule has 0 spiro atoms. The number of rotatable bonds is 6. The van der Waals surface area contributed by atoms with Gasteiger partial charge in [0.25, 0.3) is 0 Å². The monoisotopic (exact) mass is 486 g/mol. The van der Waals surface area contributed by atoms with Gasteiger partial charge in [0.1, 0.15) is 5.82 Å². The Morgan fingerprint density at radius 3 is 2.85 bits per heavy atom. The molecule has 1 aliphatic heterocycles. The first-order chi connectivity index (χ1) is 12.2. The van der Waals surface area contributed by atoms with Crippen LogP contribution in [0.15, 0.2) is 40.8 Å². The fourth-order valence-electron chi connectivity index (χ4n) is 2.77. The fourth-order valence-corrected chi connectivity index (χ4v) is 3.48. The quantitative estimate of drug-likeness (QED) is 0.372. The van der Waals surface area contributed by atoms with Crippen LogP contribution in [0.2, 0.25) is 0 Å². The molecule has 8 heteroatoms. The van der Waals surface area contributed by atoms with E-state index in [0.29, 0.717) is 12.5 Å². The molecule has 1 saturated heterocycles. The Morgan fingerprint density at radius 2 is 2.12 bits per heavy atom. The van der Waals surface area contributed by atoms with Crippen molar-refractivity contribution in [3.05, 3.63) is 46.3 Å². The Balaban J connectivity index is 0.00000243. The van der Waals surface area contributed by atoms with Gasteiger partial charge in [0.15, 0.2) is 5.96 Å². The molecule has 0 aliphatic carbocycles. The number of nitrogens with two attached hydrogens (primary N) is 1. The molecular formula is C18H27IN6S. The highest BCUT2D eigenvalue weighted by molar-refractivity contribution is 14.0. The lowest BCUT2D eigenvalue weighted by molar-refractivity contribution is 0.312. The summed E-state index contributed by atoms with van der Waals surface area (Å²) in [6.07, 6.45) is 2.83. The van der Waals surface area contributed by atoms with Crippen LogP contribution >= 0.6 is 35.3 Å². The molecular weight excluding hydrogens is 459 g/mol. The smallest absolute Gasteiger partial charge is 0.188 e. The largest absolute Gasteiger partial charge is 0.370 e. The van der Waals surface area contributed by atoms with Crippen molar-refractivity contribution in [2.24, 2.45) is 10.7 Å². The number of guanidine groups is 1. The van der Waals surface area contributed by atoms with E-state index in [1.54, 1.807) is 11.3 Å². The van der Waals surface area contributed by atoms with Crippen LogP contribution in [0.1, 0.15) is 10.4 Å². The van der Waals surface area contributed by atoms with E-state index in [-0.39, 0.29) is 24.0 Å². The first-order valence-electron chi connectivity index (χ1n) is 8.65. The van der Waals surface area contributed by atoms with Crippen molar-refractivity contribution < 1.29 is 0 Å². The Kier molecular flexibility index (Phi) is 8.60. The van der Waals surface area contributed by atoms with Crippen LogP contribution in [0.5, 0.6) is 0 Å². The van der Waals surface area contributed by atoms with E-state index in [0.717, 1.165) is 50.5 Å². The van der Waals surface area contributed by atoms with Crippen molar-refractivity contribution in [2.45, 2.75) is 13.0 Å². The highest BCUT2D eigenvalue weighted by Crippen LogP contribution is 2.15. The third-order valence-corrected chi connectivity index (χ3v) is 5.26. The van der Waals surface area contributed by atoms with Gasteiger partial charge in [-0.3, -0.25) is 0 Å². The Hall–Kier alpha value is -1.39. The van der Waals surface area contributed by atoms with Gasteiger partial charge >= 0.3 is 0 Å². The standard InChI is InChI=1S/C18H26N6S.HI/c1-23-8-10-24(11-9-23)17-13-15(4-6-20-17)14-22-18(19)21-7-5-16-3-2-12-25-16;/h2-4,6,12-13H,5,7-11,14H2,1H3,(H3,19,21,22);1H. The van der Waals surface area contributed by atoms with Crippen LogP contribution in [0.3, 0.4) is 0 Å². The molecule has 2 aromatic heterocycles. The van der Waals surface area contributed by atoms with Gasteiger partial charge in [-0.25, -0.2) is 9.98 Å². The molecule has 142 valence electrons. The van der Waals surface area contributed by atoms with E-state index < -0.39 is 0 Å². The second kappa shape index (κ2) is 10.7. The molecule has 0 atom stereocenters. The number of halogens is 1. The molecule has 3 heterocycles. The summed E-state index contributed by atoms with van der Waals surface area (Å²) in [6, 6.07) is 8.32. The SMILES string of the molecule is CN1CCN(c2cc(CN=C(N)NCCc3cccs3)ccn2)CC1.I. The minimum Gasteiger partial charge on any atom is -0.370 e. The number of nitrogens with zero attached hydrogens (tertiary/aromatic N) is 4. The van der Waals surface area contributed by atoms with Crippen LogP contribution < -0.4 is 16.0 Å². The average Bonchev–Trinajstić information content (AvgIpc) is 3.14. The predicted octanol–water partition coefficient (Wildman–Crippen LogP) is 2.16. The number of likely N-dealkylation sites (N-methyl/N-ethyl adjacent to an activating group) is 1. The molecule has 0 radical (unpaired) electrons. The van der Waals surface area contributed by atoms with Gasteiger partial charge < -0.3 is 20.9 Å². The molecule has 0 saturated carbocycles. The molecule has 1 fully saturated rings. The number of anilines is 1. The maximum Gasteiger partial charge on any atom is 0.188 e. The van der Waals surface area contributed by atoms with Crippen molar-refractivity contribution in [1.82, 2.24) is 15.2 Å². The summed E-state index contributed by atoms with van der Waals surface area (Å²) >= 11 is 1.76. The van der Waals surface area contributed by atoms with Gasteiger partial charge in [0.05, 0.1) is 6.54 Å². The second-order valence-electron chi connectivity index (χ2n) is 6.27. The van der Waals surface area contributed by atoms with Gasteiger partial charge in [0, 0.05) is 43.8 Å². The number of piperazine rings is 1. The van der Waals surface area contributed by atoms with E-state index in [4.69, 9.17) is 5.73 Å². The molecule has 6 nitrogen and oxygen atoms in total. The van der Waals surface area contributed by atoms with Gasteiger partial charge in [-0.2, -0.15) is 0 Å². The summed E-state index contributed by atoms with van der Waals surface area (Å²) in [7, 11) is 2.16. The van der Waals surface area contributed by atoms with E-state index in [2.05, 4.69) is 55.7 Å². The van der Waals surface area contributed by atoms with Gasteiger partial charge in [-0.05, 0) is 42.6 Å². The molecule has 3 rings (SSSR count). The number of aliphatic imine (C=N–C) groups is 1. The van der Waals surface area contributed by atoms with Crippen molar-refractivity contribution >= 4 is 47.1 Å². The zero-order valence-electron chi connectivity index (χ0n) is 15.1. The van der Waals surface area contributed by atoms with Gasteiger partial charge in [-0.1, -0.05) is 6.07 Å². The summed E-state index contributed by atoms with van der Waals surface area (Å²) in [5.74, 6) is 1.53. The second-order valence-corrected chi connectivity index (χ2v) is 7.30. The lowest BCUT2D eigenvalue weighted by Crippen LogP contribution is -2.44. The van der Waals surface area contributed by atoms with E-state index in [9.17, 15) is 0 Å². The van der Waals surface area contributed by atoms with Crippen molar-refractivity contribution in [1.29, 1.82) is 0 Å². The summed E-state index contributed by atoms with van der Waals surface area (Å²) in [6.45, 7) is 5.56. The first-order valence-corrected chi connectivity index (χ1v) is 9.53. The van der Waals surface area contributed by atoms with Crippen LogP contribution in [0.4, 0.5) is 5.82 Å². The fraction of sp³-hybridized carbons (Fsp3) is 0.444. The molecule has 2 aromatic rings. The average molecular weight is 486 g/mol. The summed E-state index contributed by atoms with van der Waals surface area (Å²) in [4.78, 5) is 15.0. The predicted molar refractivity (Wildman–Crippen MR) is 121 cm³/mol. The van der Waals surface area contributed by atoms with Crippen molar-refractivity contribution in [3.63, 3.8) is 0 Å². The number of hydrogen-bond acceptors (Lipinski definition) is 5. The molecule has 0 unspecified atom stereocenters. The molecule has 26 heavy (non-hydrogen) atoms. The number of aromatic nitrogens is 1. The number of pyridine rings is 1. The molecule has 1 aliphatic rings. The highest BCUT2D eigenvalue weighted by atomic mass is 127. The Bertz CT molecular complexity index is 683. The molecule has 0 aromatic carbocycles. The van der Waals surface area contributed by atoms with E-state index >= 15 is 0 Å². The van der Waals surface area contributed by atoms with Crippen molar-refractivity contribution in [2.75, 3.05) is 44.7 Å². The lowest BCUT2D eigenvalue weighted by atomic mass is 10.2. The zero-order valence-corrected chi connectivity index (χ0v) is 18.2. The molecule has 3 N–H and O–H groups in total. The van der Waals surface area contributed by atoms with Crippen LogP contribution in [0.25, 0.3) is 0 Å². The maximum atomic E-state index is 5.97. The first kappa shape index (κ1) is 20.9. The zero-order chi connectivity index (χ0) is 17.5. The van der Waals surface area contributed by atoms with Crippen LogP contribution in [-0.4, -0.2) is 55.6 Å². The highest BCUT2D eigenvalue weighted by Gasteiger charge is 2.15. The van der Waals surface area contributed by atoms with Crippen LogP contribution in [-0.2, 0) is 13.0 Å². The Morgan fingerprint density at radius 1 is 1.31 bits per heavy atom. The van der Waals surface area contributed by atoms with E-state index in [1.165, 1.54) is 4.88 Å². The maximum absolute atomic E-state index is 5.97. The summed E-state index contributed by atoms with van der Waals surface area (Å²) in [5.41, 5.74) is 7.10. The Labute approximate surface area is 176 Å². The third-order valence-electron chi connectivity index (χ3n) is 4.33. The van der Waals surface area contributed by atoms with Gasteiger partial charge in [0.2, 0.25) is 0 Å². The normalized spacial score (nSPS) is 15.6. The van der Waals surface area contributed by atoms with E-state index in [1.807, 2.05) is 12.3 Å². The minimum absolute atomic E-state index is 0. The topological polar surface area (TPSA) is 69.8 Å². The molecule has 0 amide bonds. The van der Waals surface area contributed by atoms with Gasteiger partial charge in [-0.15, -0.1) is 35.3 Å². The minimum atomic E-state index is 0. The third kappa shape index (κ3) is 6.40. The molecule has 0 bridgehead atoms. The number of thiophene rings is 1. The lowest BCUT2D eigenvalue weighted by Gasteiger charge is -2.33. The van der Waals surface area contributed by atoms with Crippen LogP contribution in [0, 0.1) is 0 Å². The summed E-state index contributed by atoms with van der Waals surface area (Å²) < 4.78 is 0. The summed E-state index contributed by atoms with van der Waals surface area (Å²) in [5, 5.41) is 5.27. The number of hydrogen-bond donors (Lipinski definition) is 2.